The number of ether oxygens (including phenoxy) is 1. The Kier molecular flexibility index (Phi) is 4.32. The van der Waals surface area contributed by atoms with E-state index in [-0.39, 0.29) is 23.5 Å². The zero-order chi connectivity index (χ0) is 14.8. The molecule has 1 atom stereocenters. The topological polar surface area (TPSA) is 63.7 Å². The van der Waals surface area contributed by atoms with Crippen molar-refractivity contribution in [1.29, 1.82) is 0 Å². The summed E-state index contributed by atoms with van der Waals surface area (Å²) >= 11 is 0. The highest BCUT2D eigenvalue weighted by Gasteiger charge is 2.32. The van der Waals surface area contributed by atoms with Crippen LogP contribution in [-0.4, -0.2) is 50.4 Å². The number of hydrogen-bond donors (Lipinski definition) is 0. The molecular formula is C14H19NO4S. The molecule has 0 N–H and O–H groups in total. The van der Waals surface area contributed by atoms with E-state index in [1.807, 2.05) is 6.92 Å². The van der Waals surface area contributed by atoms with Crippen LogP contribution in [0.1, 0.15) is 23.7 Å². The van der Waals surface area contributed by atoms with Crippen molar-refractivity contribution in [3.63, 3.8) is 0 Å². The van der Waals surface area contributed by atoms with E-state index >= 15 is 0 Å². The van der Waals surface area contributed by atoms with E-state index in [4.69, 9.17) is 4.74 Å². The Hall–Kier alpha value is -1.56. The Labute approximate surface area is 119 Å². The Bertz CT molecular complexity index is 580. The fraction of sp³-hybridized carbons (Fsp3) is 0.500. The van der Waals surface area contributed by atoms with Crippen LogP contribution in [0.15, 0.2) is 24.3 Å². The number of amides is 1. The third-order valence-electron chi connectivity index (χ3n) is 3.49. The number of carbonyl (C=O) groups excluding carboxylic acids is 1. The maximum atomic E-state index is 12.3. The summed E-state index contributed by atoms with van der Waals surface area (Å²) < 4.78 is 28.3. The molecule has 1 amide bonds. The third kappa shape index (κ3) is 3.30. The summed E-state index contributed by atoms with van der Waals surface area (Å²) in [5.41, 5.74) is 0.542. The third-order valence-corrected chi connectivity index (χ3v) is 5.24. The van der Waals surface area contributed by atoms with Crippen molar-refractivity contribution >= 4 is 15.7 Å². The van der Waals surface area contributed by atoms with Crippen LogP contribution in [0.3, 0.4) is 0 Å². The first-order valence-electron chi connectivity index (χ1n) is 6.63. The molecule has 0 radical (unpaired) electrons. The monoisotopic (exact) mass is 297 g/mol. The van der Waals surface area contributed by atoms with Crippen molar-refractivity contribution in [2.75, 3.05) is 25.2 Å². The molecule has 0 aliphatic carbocycles. The summed E-state index contributed by atoms with van der Waals surface area (Å²) in [6, 6.07) is 6.67. The van der Waals surface area contributed by atoms with E-state index in [1.165, 1.54) is 4.90 Å². The zero-order valence-electron chi connectivity index (χ0n) is 11.7. The molecule has 1 heterocycles. The lowest BCUT2D eigenvalue weighted by atomic mass is 10.1. The van der Waals surface area contributed by atoms with Crippen LogP contribution in [-0.2, 0) is 9.84 Å². The standard InChI is InChI=1S/C14H19NO4S/c1-3-19-13-6-4-11(5-7-13)14(16)15(2)12-8-9-20(17,18)10-12/h4-7,12H,3,8-10H2,1-2H3/t12-/m1/s1. The quantitative estimate of drug-likeness (QED) is 0.841. The molecule has 0 unspecified atom stereocenters. The van der Waals surface area contributed by atoms with E-state index < -0.39 is 9.84 Å². The smallest absolute Gasteiger partial charge is 0.253 e. The van der Waals surface area contributed by atoms with E-state index in [0.717, 1.165) is 5.75 Å². The summed E-state index contributed by atoms with van der Waals surface area (Å²) in [5, 5.41) is 0. The highest BCUT2D eigenvalue weighted by Crippen LogP contribution is 2.19. The summed E-state index contributed by atoms with van der Waals surface area (Å²) in [7, 11) is -1.33. The molecule has 5 nitrogen and oxygen atoms in total. The minimum atomic E-state index is -2.98. The van der Waals surface area contributed by atoms with E-state index in [0.29, 0.717) is 18.6 Å². The van der Waals surface area contributed by atoms with Crippen LogP contribution in [0.4, 0.5) is 0 Å². The number of nitrogens with zero attached hydrogens (tertiary/aromatic N) is 1. The summed E-state index contributed by atoms with van der Waals surface area (Å²) in [5.74, 6) is 0.787. The van der Waals surface area contributed by atoms with Crippen LogP contribution in [0, 0.1) is 0 Å². The first-order valence-corrected chi connectivity index (χ1v) is 8.45. The Balaban J connectivity index is 2.07. The molecule has 2 rings (SSSR count). The number of sulfone groups is 1. The zero-order valence-corrected chi connectivity index (χ0v) is 12.5. The van der Waals surface area contributed by atoms with Crippen molar-refractivity contribution in [1.82, 2.24) is 4.90 Å². The Morgan fingerprint density at radius 1 is 1.35 bits per heavy atom. The van der Waals surface area contributed by atoms with E-state index in [2.05, 4.69) is 0 Å². The number of benzene rings is 1. The Morgan fingerprint density at radius 2 is 2.00 bits per heavy atom. The van der Waals surface area contributed by atoms with Crippen molar-refractivity contribution in [2.24, 2.45) is 0 Å². The number of carbonyl (C=O) groups is 1. The van der Waals surface area contributed by atoms with Gasteiger partial charge in [-0.1, -0.05) is 0 Å². The van der Waals surface area contributed by atoms with Crippen molar-refractivity contribution in [3.05, 3.63) is 29.8 Å². The van der Waals surface area contributed by atoms with Crippen LogP contribution in [0.2, 0.25) is 0 Å². The summed E-state index contributed by atoms with van der Waals surface area (Å²) in [6.45, 7) is 2.47. The average Bonchev–Trinajstić information content (AvgIpc) is 2.79. The molecule has 1 aromatic carbocycles. The average molecular weight is 297 g/mol. The maximum Gasteiger partial charge on any atom is 0.253 e. The maximum absolute atomic E-state index is 12.3. The van der Waals surface area contributed by atoms with Gasteiger partial charge in [-0.2, -0.15) is 0 Å². The van der Waals surface area contributed by atoms with Gasteiger partial charge in [0, 0.05) is 18.7 Å². The summed E-state index contributed by atoms with van der Waals surface area (Å²) in [4.78, 5) is 13.8. The van der Waals surface area contributed by atoms with Gasteiger partial charge in [0.25, 0.3) is 5.91 Å². The van der Waals surface area contributed by atoms with Gasteiger partial charge in [-0.25, -0.2) is 8.42 Å². The largest absolute Gasteiger partial charge is 0.494 e. The second kappa shape index (κ2) is 5.83. The second-order valence-electron chi connectivity index (χ2n) is 4.93. The Morgan fingerprint density at radius 3 is 2.50 bits per heavy atom. The second-order valence-corrected chi connectivity index (χ2v) is 7.16. The van der Waals surface area contributed by atoms with Gasteiger partial charge in [0.1, 0.15) is 5.75 Å². The van der Waals surface area contributed by atoms with Gasteiger partial charge in [-0.05, 0) is 37.6 Å². The van der Waals surface area contributed by atoms with E-state index in [9.17, 15) is 13.2 Å². The van der Waals surface area contributed by atoms with Gasteiger partial charge in [0.2, 0.25) is 0 Å². The highest BCUT2D eigenvalue weighted by molar-refractivity contribution is 7.91. The molecule has 0 aromatic heterocycles. The molecule has 110 valence electrons. The molecule has 1 aromatic rings. The normalized spacial score (nSPS) is 20.6. The van der Waals surface area contributed by atoms with Gasteiger partial charge in [-0.3, -0.25) is 4.79 Å². The van der Waals surface area contributed by atoms with Crippen LogP contribution < -0.4 is 4.74 Å². The molecule has 1 fully saturated rings. The van der Waals surface area contributed by atoms with Gasteiger partial charge in [-0.15, -0.1) is 0 Å². The molecule has 0 bridgehead atoms. The molecular weight excluding hydrogens is 278 g/mol. The lowest BCUT2D eigenvalue weighted by molar-refractivity contribution is 0.0747. The van der Waals surface area contributed by atoms with Crippen LogP contribution in [0.5, 0.6) is 5.75 Å². The first kappa shape index (κ1) is 14.8. The van der Waals surface area contributed by atoms with Gasteiger partial charge in [0.15, 0.2) is 9.84 Å². The molecule has 20 heavy (non-hydrogen) atoms. The number of hydrogen-bond acceptors (Lipinski definition) is 4. The predicted molar refractivity (Wildman–Crippen MR) is 76.8 cm³/mol. The molecule has 1 aliphatic heterocycles. The SMILES string of the molecule is CCOc1ccc(C(=O)N(C)[C@@H]2CCS(=O)(=O)C2)cc1. The van der Waals surface area contributed by atoms with Crippen LogP contribution in [0.25, 0.3) is 0 Å². The van der Waals surface area contributed by atoms with Crippen LogP contribution >= 0.6 is 0 Å². The fourth-order valence-corrected chi connectivity index (χ4v) is 4.09. The van der Waals surface area contributed by atoms with Gasteiger partial charge < -0.3 is 9.64 Å². The molecule has 6 heteroatoms. The van der Waals surface area contributed by atoms with Crippen molar-refractivity contribution in [3.8, 4) is 5.75 Å². The van der Waals surface area contributed by atoms with Crippen molar-refractivity contribution in [2.45, 2.75) is 19.4 Å². The number of rotatable bonds is 4. The van der Waals surface area contributed by atoms with Gasteiger partial charge in [0.05, 0.1) is 18.1 Å². The minimum absolute atomic E-state index is 0.0618. The lowest BCUT2D eigenvalue weighted by Crippen LogP contribution is -2.37. The molecule has 0 saturated carbocycles. The predicted octanol–water partition coefficient (Wildman–Crippen LogP) is 1.34. The molecule has 1 aliphatic rings. The first-order chi connectivity index (χ1) is 9.43. The van der Waals surface area contributed by atoms with Gasteiger partial charge >= 0.3 is 0 Å². The lowest BCUT2D eigenvalue weighted by Gasteiger charge is -2.23. The van der Waals surface area contributed by atoms with Crippen molar-refractivity contribution < 1.29 is 17.9 Å². The fourth-order valence-electron chi connectivity index (χ4n) is 2.31. The summed E-state index contributed by atoms with van der Waals surface area (Å²) in [6.07, 6.45) is 0.515. The molecule has 1 saturated heterocycles. The minimum Gasteiger partial charge on any atom is -0.494 e. The van der Waals surface area contributed by atoms with E-state index in [1.54, 1.807) is 31.3 Å². The molecule has 0 spiro atoms. The highest BCUT2D eigenvalue weighted by atomic mass is 32.2.